The molecule has 3 heterocycles. The Bertz CT molecular complexity index is 1380. The van der Waals surface area contributed by atoms with E-state index in [9.17, 15) is 24.0 Å². The van der Waals surface area contributed by atoms with Crippen LogP contribution in [-0.4, -0.2) is 93.5 Å². The first-order chi connectivity index (χ1) is 26.4. The molecule has 62 heavy (non-hydrogen) atoms. The predicted molar refractivity (Wildman–Crippen MR) is 268 cm³/mol. The van der Waals surface area contributed by atoms with E-state index >= 15 is 0 Å². The summed E-state index contributed by atoms with van der Waals surface area (Å²) in [6.45, 7) is 26.4. The van der Waals surface area contributed by atoms with Gasteiger partial charge in [-0.25, -0.2) is 9.97 Å². The number of carbonyl (C=O) groups is 5. The van der Waals surface area contributed by atoms with E-state index in [1.54, 1.807) is 33.2 Å². The molecule has 2 amide bonds. The van der Waals surface area contributed by atoms with Crippen LogP contribution in [0.25, 0.3) is 0 Å². The SMILES string of the molecule is C.C.C.C.C.C.CC(=O)C(C)C.CC(C)C(=O)O.CC(C)CC(=O)N1CCN(c2ncccn2)CC1.CCCC(=O)N1CCCCC1.CCCCC(=O)c1cccc(C(C)C)c1. The van der Waals surface area contributed by atoms with Crippen molar-refractivity contribution in [3.05, 3.63) is 53.9 Å². The van der Waals surface area contributed by atoms with E-state index in [4.69, 9.17) is 5.11 Å². The minimum Gasteiger partial charge on any atom is -0.481 e. The standard InChI is InChI=1S/C14H20O.C13H20N4O.C9H17NO.C5H10O.C4H8O2.6CH4/c1-4-5-9-14(15)13-8-6-7-12(10-13)11(2)3;1-11(2)10-12(18)16-6-8-17(9-7-16)13-14-4-3-5-15-13;1-2-6-9(11)10-7-4-3-5-8-10;1-4(2)5(3)6;1-3(2)4(5)6;;;;;;/h6-8,10-11H,4-5,9H2,1-3H3;3-5,11H,6-10H2,1-2H3;2-8H2,1H3;4H,1-3H3;3H,1-2H3,(H,5,6);6*1H4. The fourth-order valence-corrected chi connectivity index (χ4v) is 5.16. The number of piperidine rings is 1. The van der Waals surface area contributed by atoms with Gasteiger partial charge in [-0.2, -0.15) is 0 Å². The van der Waals surface area contributed by atoms with Gasteiger partial charge in [-0.3, -0.25) is 24.0 Å². The maximum Gasteiger partial charge on any atom is 0.305 e. The van der Waals surface area contributed by atoms with Crippen molar-refractivity contribution in [2.75, 3.05) is 44.2 Å². The first-order valence-electron chi connectivity index (χ1n) is 20.9. The van der Waals surface area contributed by atoms with Gasteiger partial charge in [0.1, 0.15) is 5.78 Å². The molecule has 0 aliphatic carbocycles. The Balaban J connectivity index is -0.000000126. The van der Waals surface area contributed by atoms with E-state index < -0.39 is 5.97 Å². The van der Waals surface area contributed by atoms with Crippen LogP contribution in [0.1, 0.15) is 200 Å². The second-order valence-electron chi connectivity index (χ2n) is 15.8. The number of amides is 2. The maximum atomic E-state index is 11.9. The van der Waals surface area contributed by atoms with Crippen LogP contribution in [-0.2, 0) is 19.2 Å². The number of aliphatic carboxylic acids is 1. The molecule has 364 valence electrons. The average molecular weight is 878 g/mol. The highest BCUT2D eigenvalue weighted by molar-refractivity contribution is 5.96. The number of rotatable bonds is 12. The van der Waals surface area contributed by atoms with Crippen LogP contribution in [0.4, 0.5) is 5.95 Å². The van der Waals surface area contributed by atoms with Gasteiger partial charge in [0.25, 0.3) is 0 Å². The van der Waals surface area contributed by atoms with E-state index in [1.807, 2.05) is 47.9 Å². The van der Waals surface area contributed by atoms with Gasteiger partial charge in [0.05, 0.1) is 5.92 Å². The van der Waals surface area contributed by atoms with E-state index in [2.05, 4.69) is 62.5 Å². The molecule has 0 saturated carbocycles. The summed E-state index contributed by atoms with van der Waals surface area (Å²) in [5.74, 6) is 2.07. The lowest BCUT2D eigenvalue weighted by Crippen LogP contribution is -2.49. The molecule has 1 aromatic heterocycles. The number of ketones is 2. The summed E-state index contributed by atoms with van der Waals surface area (Å²) in [5, 5.41) is 7.99. The minimum atomic E-state index is -0.741. The van der Waals surface area contributed by atoms with Crippen molar-refractivity contribution in [3.63, 3.8) is 0 Å². The third-order valence-corrected chi connectivity index (χ3v) is 9.16. The van der Waals surface area contributed by atoms with Gasteiger partial charge >= 0.3 is 5.97 Å². The monoisotopic (exact) mass is 878 g/mol. The van der Waals surface area contributed by atoms with Crippen LogP contribution < -0.4 is 4.90 Å². The summed E-state index contributed by atoms with van der Waals surface area (Å²) >= 11 is 0. The molecule has 0 unspecified atom stereocenters. The highest BCUT2D eigenvalue weighted by atomic mass is 16.4. The minimum absolute atomic E-state index is 0. The maximum absolute atomic E-state index is 11.9. The first-order valence-corrected chi connectivity index (χ1v) is 20.9. The van der Waals surface area contributed by atoms with Crippen LogP contribution in [0.2, 0.25) is 0 Å². The molecule has 2 fully saturated rings. The number of carboxylic acids is 1. The van der Waals surface area contributed by atoms with Gasteiger partial charge < -0.3 is 19.8 Å². The van der Waals surface area contributed by atoms with E-state index in [-0.39, 0.29) is 73.9 Å². The smallest absolute Gasteiger partial charge is 0.305 e. The molecule has 2 aliphatic heterocycles. The fraction of sp³-hybridized carbons (Fsp3) is 0.706. The lowest BCUT2D eigenvalue weighted by molar-refractivity contribution is -0.140. The number of anilines is 1. The van der Waals surface area contributed by atoms with Crippen molar-refractivity contribution in [1.29, 1.82) is 0 Å². The largest absolute Gasteiger partial charge is 0.481 e. The average Bonchev–Trinajstić information content (AvgIpc) is 3.18. The number of carbonyl (C=O) groups excluding carboxylic acids is 4. The van der Waals surface area contributed by atoms with Crippen molar-refractivity contribution >= 4 is 35.3 Å². The van der Waals surface area contributed by atoms with Crippen LogP contribution in [0, 0.1) is 17.8 Å². The van der Waals surface area contributed by atoms with Crippen LogP contribution in [0.3, 0.4) is 0 Å². The van der Waals surface area contributed by atoms with Gasteiger partial charge in [0.2, 0.25) is 17.8 Å². The number of benzene rings is 1. The predicted octanol–water partition coefficient (Wildman–Crippen LogP) is 12.9. The third-order valence-electron chi connectivity index (χ3n) is 9.16. The second kappa shape index (κ2) is 42.2. The lowest BCUT2D eigenvalue weighted by atomic mass is 9.98. The summed E-state index contributed by atoms with van der Waals surface area (Å²) in [7, 11) is 0. The number of unbranched alkanes of at least 4 members (excludes halogenated alkanes) is 1. The Morgan fingerprint density at radius 2 is 1.13 bits per heavy atom. The number of carboxylic acid groups (broad SMARTS) is 1. The number of piperazine rings is 1. The number of likely N-dealkylation sites (tertiary alicyclic amines) is 1. The lowest BCUT2D eigenvalue weighted by Gasteiger charge is -2.35. The van der Waals surface area contributed by atoms with Gasteiger partial charge in [0, 0.05) is 82.4 Å². The molecule has 1 aromatic carbocycles. The number of nitrogens with zero attached hydrogens (tertiary/aromatic N) is 5. The highest BCUT2D eigenvalue weighted by Crippen LogP contribution is 2.17. The molecule has 2 aliphatic rings. The van der Waals surface area contributed by atoms with Crippen molar-refractivity contribution in [2.24, 2.45) is 17.8 Å². The zero-order valence-corrected chi connectivity index (χ0v) is 36.7. The summed E-state index contributed by atoms with van der Waals surface area (Å²) < 4.78 is 0. The molecule has 0 atom stereocenters. The fourth-order valence-electron chi connectivity index (χ4n) is 5.16. The molecular formula is C51H99N5O6. The molecule has 4 rings (SSSR count). The molecular weight excluding hydrogens is 779 g/mol. The Kier molecular flexibility index (Phi) is 49.2. The van der Waals surface area contributed by atoms with Gasteiger partial charge in [-0.1, -0.05) is 138 Å². The van der Waals surface area contributed by atoms with E-state index in [1.165, 1.54) is 24.8 Å². The third kappa shape index (κ3) is 33.5. The molecule has 11 heteroatoms. The van der Waals surface area contributed by atoms with Gasteiger partial charge in [-0.05, 0) is 68.6 Å². The molecule has 2 saturated heterocycles. The molecule has 1 N–H and O–H groups in total. The van der Waals surface area contributed by atoms with Crippen LogP contribution in [0.5, 0.6) is 0 Å². The zero-order valence-electron chi connectivity index (χ0n) is 36.7. The summed E-state index contributed by atoms with van der Waals surface area (Å²) in [6.07, 6.45) is 12.3. The van der Waals surface area contributed by atoms with Crippen LogP contribution in [0.15, 0.2) is 42.7 Å². The van der Waals surface area contributed by atoms with Gasteiger partial charge in [0.15, 0.2) is 5.78 Å². The van der Waals surface area contributed by atoms with E-state index in [0.717, 1.165) is 76.5 Å². The first kappa shape index (κ1) is 72.3. The molecule has 11 nitrogen and oxygen atoms in total. The van der Waals surface area contributed by atoms with Gasteiger partial charge in [-0.15, -0.1) is 0 Å². The second-order valence-corrected chi connectivity index (χ2v) is 15.8. The summed E-state index contributed by atoms with van der Waals surface area (Å²) in [6, 6.07) is 9.83. The molecule has 2 aromatic rings. The van der Waals surface area contributed by atoms with E-state index in [0.29, 0.717) is 30.6 Å². The Hall–Kier alpha value is -4.15. The number of hydrogen-bond donors (Lipinski definition) is 1. The summed E-state index contributed by atoms with van der Waals surface area (Å²) in [4.78, 5) is 69.4. The Labute approximate surface area is 383 Å². The number of aromatic nitrogens is 2. The normalized spacial score (nSPS) is 12.3. The molecule has 0 radical (unpaired) electrons. The Morgan fingerprint density at radius 3 is 1.53 bits per heavy atom. The number of hydrogen-bond acceptors (Lipinski definition) is 8. The van der Waals surface area contributed by atoms with Crippen molar-refractivity contribution < 1.29 is 29.1 Å². The van der Waals surface area contributed by atoms with Crippen molar-refractivity contribution in [3.8, 4) is 0 Å². The topological polar surface area (TPSA) is 141 Å². The van der Waals surface area contributed by atoms with Crippen molar-refractivity contribution in [2.45, 2.75) is 184 Å². The molecule has 0 spiro atoms. The molecule has 0 bridgehead atoms. The van der Waals surface area contributed by atoms with Crippen LogP contribution >= 0.6 is 0 Å². The zero-order chi connectivity index (χ0) is 42.6. The Morgan fingerprint density at radius 1 is 0.645 bits per heavy atom. The number of Topliss-reactive ketones (excluding diaryl/α,β-unsaturated/α-hetero) is 2. The van der Waals surface area contributed by atoms with Crippen molar-refractivity contribution in [1.82, 2.24) is 19.8 Å². The highest BCUT2D eigenvalue weighted by Gasteiger charge is 2.22. The quantitative estimate of drug-likeness (QED) is 0.206. The summed E-state index contributed by atoms with van der Waals surface area (Å²) in [5.41, 5.74) is 2.12.